The number of piperidine rings is 1. The first-order chi connectivity index (χ1) is 7.86. The second-order valence-electron chi connectivity index (χ2n) is 3.89. The van der Waals surface area contributed by atoms with Crippen LogP contribution in [0.5, 0.6) is 5.75 Å². The first kappa shape index (κ1) is 10.8. The predicted molar refractivity (Wildman–Crippen MR) is 63.4 cm³/mol. The molecule has 2 N–H and O–H groups in total. The Labute approximate surface area is 96.2 Å². The molecule has 1 unspecified atom stereocenters. The molecule has 3 nitrogen and oxygen atoms in total. The standard InChI is InChI=1S/C13H16N2O/c14-13-8-4-5-9-15(13)10-11-16-12-6-2-1-3-7-12/h1-3,6-7,13H,4-5,8-9,14H2. The highest BCUT2D eigenvalue weighted by Gasteiger charge is 2.15. The van der Waals surface area contributed by atoms with Gasteiger partial charge in [-0.2, -0.15) is 0 Å². The Morgan fingerprint density at radius 1 is 1.25 bits per heavy atom. The van der Waals surface area contributed by atoms with Crippen molar-refractivity contribution in [1.82, 2.24) is 4.90 Å². The summed E-state index contributed by atoms with van der Waals surface area (Å²) in [7, 11) is 0. The van der Waals surface area contributed by atoms with Crippen molar-refractivity contribution in [2.24, 2.45) is 5.73 Å². The maximum Gasteiger partial charge on any atom is 0.140 e. The molecule has 2 rings (SSSR count). The lowest BCUT2D eigenvalue weighted by Gasteiger charge is -2.29. The second kappa shape index (κ2) is 5.43. The molecule has 1 aliphatic heterocycles. The van der Waals surface area contributed by atoms with E-state index in [2.05, 4.69) is 12.2 Å². The highest BCUT2D eigenvalue weighted by molar-refractivity contribution is 5.22. The number of hydrogen-bond donors (Lipinski definition) is 1. The maximum atomic E-state index is 5.93. The molecule has 16 heavy (non-hydrogen) atoms. The van der Waals surface area contributed by atoms with Gasteiger partial charge in [0.15, 0.2) is 0 Å². The average Bonchev–Trinajstić information content (AvgIpc) is 2.33. The van der Waals surface area contributed by atoms with Crippen LogP contribution in [0.15, 0.2) is 30.3 Å². The van der Waals surface area contributed by atoms with Crippen molar-refractivity contribution in [3.63, 3.8) is 0 Å². The van der Waals surface area contributed by atoms with E-state index in [1.54, 1.807) is 0 Å². The summed E-state index contributed by atoms with van der Waals surface area (Å²) in [5.74, 6) is 0.764. The summed E-state index contributed by atoms with van der Waals surface area (Å²) in [6.45, 7) is 0.937. The van der Waals surface area contributed by atoms with E-state index in [9.17, 15) is 0 Å². The molecule has 84 valence electrons. The lowest BCUT2D eigenvalue weighted by atomic mass is 10.1. The smallest absolute Gasteiger partial charge is 0.140 e. The van der Waals surface area contributed by atoms with Crippen molar-refractivity contribution < 1.29 is 4.74 Å². The van der Waals surface area contributed by atoms with Crippen molar-refractivity contribution >= 4 is 0 Å². The van der Waals surface area contributed by atoms with Gasteiger partial charge in [-0.1, -0.05) is 18.2 Å². The fourth-order valence-electron chi connectivity index (χ4n) is 1.73. The van der Waals surface area contributed by atoms with E-state index < -0.39 is 0 Å². The Morgan fingerprint density at radius 2 is 2.06 bits per heavy atom. The molecule has 1 atom stereocenters. The Balaban J connectivity index is 1.90. The number of likely N-dealkylation sites (tertiary alicyclic amines) is 1. The predicted octanol–water partition coefficient (Wildman–Crippen LogP) is 1.75. The van der Waals surface area contributed by atoms with Crippen LogP contribution in [0.1, 0.15) is 19.3 Å². The molecule has 1 aromatic carbocycles. The first-order valence-electron chi connectivity index (χ1n) is 5.61. The van der Waals surface area contributed by atoms with Crippen molar-refractivity contribution in [2.45, 2.75) is 25.4 Å². The van der Waals surface area contributed by atoms with Gasteiger partial charge in [-0.15, -0.1) is 0 Å². The highest BCUT2D eigenvalue weighted by Crippen LogP contribution is 2.12. The minimum atomic E-state index is 0.0561. The van der Waals surface area contributed by atoms with Crippen molar-refractivity contribution in [2.75, 3.05) is 6.54 Å². The van der Waals surface area contributed by atoms with Crippen molar-refractivity contribution in [3.05, 3.63) is 30.3 Å². The largest absolute Gasteiger partial charge is 0.406 e. The van der Waals surface area contributed by atoms with Crippen LogP contribution in [0.25, 0.3) is 0 Å². The van der Waals surface area contributed by atoms with Crippen molar-refractivity contribution in [3.8, 4) is 17.9 Å². The topological polar surface area (TPSA) is 38.5 Å². The molecule has 0 aliphatic carbocycles. The maximum absolute atomic E-state index is 5.93. The van der Waals surface area contributed by atoms with E-state index in [0.717, 1.165) is 25.1 Å². The van der Waals surface area contributed by atoms with E-state index in [4.69, 9.17) is 10.5 Å². The fraction of sp³-hybridized carbons (Fsp3) is 0.385. The number of nitrogens with two attached hydrogens (primary N) is 1. The van der Waals surface area contributed by atoms with Gasteiger partial charge in [0, 0.05) is 6.54 Å². The third-order valence-corrected chi connectivity index (χ3v) is 2.65. The zero-order valence-electron chi connectivity index (χ0n) is 9.23. The summed E-state index contributed by atoms with van der Waals surface area (Å²) in [5.41, 5.74) is 5.93. The number of ether oxygens (including phenoxy) is 1. The number of para-hydroxylation sites is 1. The van der Waals surface area contributed by atoms with Gasteiger partial charge >= 0.3 is 0 Å². The van der Waals surface area contributed by atoms with Crippen LogP contribution in [0.2, 0.25) is 0 Å². The third kappa shape index (κ3) is 2.91. The minimum Gasteiger partial charge on any atom is -0.406 e. The van der Waals surface area contributed by atoms with Crippen LogP contribution >= 0.6 is 0 Å². The summed E-state index contributed by atoms with van der Waals surface area (Å²) < 4.78 is 5.30. The molecular formula is C13H16N2O. The summed E-state index contributed by atoms with van der Waals surface area (Å²) in [6, 6.07) is 12.5. The quantitative estimate of drug-likeness (QED) is 0.727. The normalized spacial score (nSPS) is 19.8. The Bertz CT molecular complexity index is 380. The fourth-order valence-corrected chi connectivity index (χ4v) is 1.73. The van der Waals surface area contributed by atoms with Crippen molar-refractivity contribution in [1.29, 1.82) is 0 Å². The molecule has 0 amide bonds. The molecule has 1 aliphatic rings. The van der Waals surface area contributed by atoms with Crippen LogP contribution in [-0.2, 0) is 0 Å². The van der Waals surface area contributed by atoms with E-state index in [1.807, 2.05) is 35.2 Å². The van der Waals surface area contributed by atoms with Crippen LogP contribution in [0.4, 0.5) is 0 Å². The van der Waals surface area contributed by atoms with Crippen LogP contribution in [0, 0.1) is 12.2 Å². The van der Waals surface area contributed by atoms with Gasteiger partial charge in [-0.05, 0) is 31.4 Å². The average molecular weight is 216 g/mol. The van der Waals surface area contributed by atoms with E-state index in [-0.39, 0.29) is 6.17 Å². The summed E-state index contributed by atoms with van der Waals surface area (Å²) in [4.78, 5) is 1.95. The molecule has 1 fully saturated rings. The van der Waals surface area contributed by atoms with Gasteiger partial charge in [0.05, 0.1) is 12.2 Å². The molecule has 1 aromatic rings. The lowest BCUT2D eigenvalue weighted by molar-refractivity contribution is 0.231. The summed E-state index contributed by atoms with van der Waals surface area (Å²) in [5, 5.41) is 0. The van der Waals surface area contributed by atoms with Crippen LogP contribution < -0.4 is 10.5 Å². The van der Waals surface area contributed by atoms with E-state index in [0.29, 0.717) is 0 Å². The lowest BCUT2D eigenvalue weighted by Crippen LogP contribution is -2.42. The first-order valence-corrected chi connectivity index (χ1v) is 5.61. The second-order valence-corrected chi connectivity index (χ2v) is 3.89. The van der Waals surface area contributed by atoms with Gasteiger partial charge < -0.3 is 15.4 Å². The van der Waals surface area contributed by atoms with Crippen LogP contribution in [0.3, 0.4) is 0 Å². The zero-order chi connectivity index (χ0) is 11.2. The molecule has 0 bridgehead atoms. The molecule has 3 heteroatoms. The molecule has 1 saturated heterocycles. The Morgan fingerprint density at radius 3 is 2.81 bits per heavy atom. The molecule has 0 spiro atoms. The van der Waals surface area contributed by atoms with E-state index >= 15 is 0 Å². The number of benzene rings is 1. The van der Waals surface area contributed by atoms with Gasteiger partial charge in [-0.3, -0.25) is 0 Å². The summed E-state index contributed by atoms with van der Waals surface area (Å²) >= 11 is 0. The van der Waals surface area contributed by atoms with Gasteiger partial charge in [0.2, 0.25) is 0 Å². The highest BCUT2D eigenvalue weighted by atomic mass is 16.5. The number of rotatable bonds is 1. The van der Waals surface area contributed by atoms with Gasteiger partial charge in [-0.25, -0.2) is 0 Å². The molecular weight excluding hydrogens is 200 g/mol. The van der Waals surface area contributed by atoms with Crippen LogP contribution in [-0.4, -0.2) is 17.6 Å². The Kier molecular flexibility index (Phi) is 3.68. The minimum absolute atomic E-state index is 0.0561. The van der Waals surface area contributed by atoms with Gasteiger partial charge in [0.25, 0.3) is 0 Å². The SMILES string of the molecule is NC1CCCCN1C#COc1ccccc1. The monoisotopic (exact) mass is 216 g/mol. The molecule has 1 heterocycles. The summed E-state index contributed by atoms with van der Waals surface area (Å²) in [6.07, 6.45) is 6.12. The Hall–Kier alpha value is -1.66. The number of nitrogens with zero attached hydrogens (tertiary/aromatic N) is 1. The van der Waals surface area contributed by atoms with Gasteiger partial charge in [0.1, 0.15) is 11.9 Å². The molecule has 0 aromatic heterocycles. The zero-order valence-corrected chi connectivity index (χ0v) is 9.23. The molecule has 0 radical (unpaired) electrons. The number of hydrogen-bond acceptors (Lipinski definition) is 3. The molecule has 0 saturated carbocycles. The third-order valence-electron chi connectivity index (χ3n) is 2.65. The van der Waals surface area contributed by atoms with E-state index in [1.165, 1.54) is 6.42 Å².